The number of benzene rings is 1. The Labute approximate surface area is 166 Å². The van der Waals surface area contributed by atoms with E-state index in [9.17, 15) is 13.2 Å². The van der Waals surface area contributed by atoms with Crippen LogP contribution in [-0.4, -0.2) is 63.1 Å². The van der Waals surface area contributed by atoms with Gasteiger partial charge in [0.15, 0.2) is 0 Å². The lowest BCUT2D eigenvalue weighted by molar-refractivity contribution is -0.138. The van der Waals surface area contributed by atoms with Gasteiger partial charge in [-0.3, -0.25) is 4.90 Å². The molecule has 0 spiro atoms. The van der Waals surface area contributed by atoms with Gasteiger partial charge in [-0.25, -0.2) is 0 Å². The fraction of sp³-hybridized carbons (Fsp3) is 0.444. The number of aromatic amines is 1. The van der Waals surface area contributed by atoms with Crippen molar-refractivity contribution >= 4 is 11.3 Å². The highest BCUT2D eigenvalue weighted by Crippen LogP contribution is 2.34. The lowest BCUT2D eigenvalue weighted by Crippen LogP contribution is -2.45. The summed E-state index contributed by atoms with van der Waals surface area (Å²) in [4.78, 5) is 4.31. The topological polar surface area (TPSA) is 96.8 Å². The summed E-state index contributed by atoms with van der Waals surface area (Å²) in [5, 5.41) is 24.8. The maximum absolute atomic E-state index is 13.6. The standard InChI is InChI=1S/C18H21F3N8/c1-2-28-5-7-29(8-6-28)12-13-3-4-15(9-16(13)18(19,20)21)23-11-14(10-22)17-24-26-27-25-17/h3-4,9,11,23H,2,5-8,12H2,1H3,(H,24,25,26,27). The summed E-state index contributed by atoms with van der Waals surface area (Å²) in [5.41, 5.74) is -0.194. The Morgan fingerprint density at radius 1 is 1.28 bits per heavy atom. The lowest BCUT2D eigenvalue weighted by Gasteiger charge is -2.34. The number of nitrogens with zero attached hydrogens (tertiary/aromatic N) is 6. The summed E-state index contributed by atoms with van der Waals surface area (Å²) in [6.45, 7) is 6.46. The van der Waals surface area contributed by atoms with E-state index in [1.165, 1.54) is 12.3 Å². The zero-order chi connectivity index (χ0) is 20.9. The van der Waals surface area contributed by atoms with Gasteiger partial charge in [0, 0.05) is 44.6 Å². The SMILES string of the molecule is CCN1CCN(Cc2ccc(NC=C(C#N)c3nn[nH]n3)cc2C(F)(F)F)CC1. The van der Waals surface area contributed by atoms with Gasteiger partial charge >= 0.3 is 6.18 Å². The highest BCUT2D eigenvalue weighted by Gasteiger charge is 2.34. The number of nitriles is 1. The first kappa shape index (κ1) is 20.8. The molecule has 3 rings (SSSR count). The molecule has 0 saturated carbocycles. The maximum Gasteiger partial charge on any atom is 0.416 e. The fourth-order valence-corrected chi connectivity index (χ4v) is 3.15. The van der Waals surface area contributed by atoms with E-state index in [-0.39, 0.29) is 29.2 Å². The zero-order valence-corrected chi connectivity index (χ0v) is 15.9. The molecule has 0 atom stereocenters. The smallest absolute Gasteiger partial charge is 0.360 e. The molecule has 2 heterocycles. The van der Waals surface area contributed by atoms with Crippen LogP contribution in [0.15, 0.2) is 24.4 Å². The van der Waals surface area contributed by atoms with Gasteiger partial charge in [-0.2, -0.15) is 23.6 Å². The van der Waals surface area contributed by atoms with Gasteiger partial charge in [0.25, 0.3) is 0 Å². The number of allylic oxidation sites excluding steroid dienone is 1. The monoisotopic (exact) mass is 406 g/mol. The second-order valence-corrected chi connectivity index (χ2v) is 6.63. The molecular formula is C18H21F3N8. The van der Waals surface area contributed by atoms with Crippen LogP contribution >= 0.6 is 0 Å². The van der Waals surface area contributed by atoms with Crippen molar-refractivity contribution in [2.24, 2.45) is 0 Å². The number of hydrogen-bond acceptors (Lipinski definition) is 7. The molecule has 0 bridgehead atoms. The first-order valence-electron chi connectivity index (χ1n) is 9.16. The van der Waals surface area contributed by atoms with E-state index < -0.39 is 11.7 Å². The number of likely N-dealkylation sites (N-methyl/N-ethyl adjacent to an activating group) is 1. The number of hydrogen-bond donors (Lipinski definition) is 2. The van der Waals surface area contributed by atoms with Gasteiger partial charge in [-0.1, -0.05) is 13.0 Å². The van der Waals surface area contributed by atoms with Crippen LogP contribution in [0.1, 0.15) is 23.9 Å². The average molecular weight is 406 g/mol. The molecule has 1 aromatic heterocycles. The van der Waals surface area contributed by atoms with Gasteiger partial charge in [-0.05, 0) is 29.5 Å². The van der Waals surface area contributed by atoms with E-state index in [0.29, 0.717) is 0 Å². The van der Waals surface area contributed by atoms with Gasteiger partial charge in [-0.15, -0.1) is 10.2 Å². The molecule has 0 unspecified atom stereocenters. The number of tetrazole rings is 1. The van der Waals surface area contributed by atoms with Crippen LogP contribution < -0.4 is 5.32 Å². The summed E-state index contributed by atoms with van der Waals surface area (Å²) in [5.74, 6) is 0.0545. The van der Waals surface area contributed by atoms with Crippen LogP contribution in [0.25, 0.3) is 5.57 Å². The fourth-order valence-electron chi connectivity index (χ4n) is 3.15. The van der Waals surface area contributed by atoms with Gasteiger partial charge in [0.05, 0.1) is 5.56 Å². The molecule has 1 aliphatic heterocycles. The molecule has 0 aliphatic carbocycles. The van der Waals surface area contributed by atoms with Crippen molar-refractivity contribution in [3.05, 3.63) is 41.4 Å². The number of halogens is 3. The van der Waals surface area contributed by atoms with Crippen molar-refractivity contribution in [2.45, 2.75) is 19.6 Å². The zero-order valence-electron chi connectivity index (χ0n) is 15.9. The highest BCUT2D eigenvalue weighted by atomic mass is 19.4. The van der Waals surface area contributed by atoms with Crippen LogP contribution in [-0.2, 0) is 12.7 Å². The van der Waals surface area contributed by atoms with Gasteiger partial charge < -0.3 is 10.2 Å². The van der Waals surface area contributed by atoms with Crippen molar-refractivity contribution in [1.29, 1.82) is 5.26 Å². The van der Waals surface area contributed by atoms with Crippen molar-refractivity contribution < 1.29 is 13.2 Å². The average Bonchev–Trinajstić information content (AvgIpc) is 3.24. The number of aromatic nitrogens is 4. The normalized spacial score (nSPS) is 16.6. The Morgan fingerprint density at radius 2 is 2.00 bits per heavy atom. The molecule has 8 nitrogen and oxygen atoms in total. The Balaban J connectivity index is 1.77. The van der Waals surface area contributed by atoms with Crippen LogP contribution in [0.3, 0.4) is 0 Å². The largest absolute Gasteiger partial charge is 0.416 e. The first-order valence-corrected chi connectivity index (χ1v) is 9.16. The Morgan fingerprint density at radius 3 is 2.59 bits per heavy atom. The lowest BCUT2D eigenvalue weighted by atomic mass is 10.0. The van der Waals surface area contributed by atoms with Crippen LogP contribution in [0.5, 0.6) is 0 Å². The van der Waals surface area contributed by atoms with Crippen LogP contribution in [0, 0.1) is 11.3 Å². The number of alkyl halides is 3. The van der Waals surface area contributed by atoms with E-state index in [1.807, 2.05) is 11.0 Å². The molecule has 0 radical (unpaired) electrons. The molecule has 2 N–H and O–H groups in total. The van der Waals surface area contributed by atoms with E-state index >= 15 is 0 Å². The molecule has 11 heteroatoms. The number of nitrogens with one attached hydrogen (secondary N) is 2. The third-order valence-corrected chi connectivity index (χ3v) is 4.81. The summed E-state index contributed by atoms with van der Waals surface area (Å²) < 4.78 is 40.9. The van der Waals surface area contributed by atoms with Crippen molar-refractivity contribution in [3.63, 3.8) is 0 Å². The van der Waals surface area contributed by atoms with E-state index in [0.717, 1.165) is 38.8 Å². The predicted molar refractivity (Wildman–Crippen MR) is 100 cm³/mol. The Kier molecular flexibility index (Phi) is 6.46. The van der Waals surface area contributed by atoms with Crippen molar-refractivity contribution in [2.75, 3.05) is 38.0 Å². The second kappa shape index (κ2) is 9.02. The third-order valence-electron chi connectivity index (χ3n) is 4.81. The Hall–Kier alpha value is -2.97. The molecule has 0 amide bonds. The van der Waals surface area contributed by atoms with Crippen LogP contribution in [0.2, 0.25) is 0 Å². The summed E-state index contributed by atoms with van der Waals surface area (Å²) in [7, 11) is 0. The quantitative estimate of drug-likeness (QED) is 0.711. The molecule has 154 valence electrons. The van der Waals surface area contributed by atoms with E-state index in [2.05, 4.69) is 37.8 Å². The number of H-pyrrole nitrogens is 1. The summed E-state index contributed by atoms with van der Waals surface area (Å²) in [6.07, 6.45) is -3.22. The number of piperazine rings is 1. The minimum Gasteiger partial charge on any atom is -0.360 e. The maximum atomic E-state index is 13.6. The molecule has 1 aliphatic rings. The summed E-state index contributed by atoms with van der Waals surface area (Å²) >= 11 is 0. The van der Waals surface area contributed by atoms with Crippen molar-refractivity contribution in [1.82, 2.24) is 30.4 Å². The second-order valence-electron chi connectivity index (χ2n) is 6.63. The number of rotatable bonds is 6. The Bertz CT molecular complexity index is 877. The molecule has 1 saturated heterocycles. The third kappa shape index (κ3) is 5.30. The molecule has 29 heavy (non-hydrogen) atoms. The first-order chi connectivity index (χ1) is 13.9. The predicted octanol–water partition coefficient (Wildman–Crippen LogP) is 2.33. The highest BCUT2D eigenvalue weighted by molar-refractivity contribution is 5.74. The minimum atomic E-state index is -4.48. The minimum absolute atomic E-state index is 0.0465. The summed E-state index contributed by atoms with van der Waals surface area (Å²) in [6, 6.07) is 5.97. The van der Waals surface area contributed by atoms with Gasteiger partial charge in [0.1, 0.15) is 11.6 Å². The molecule has 2 aromatic rings. The molecular weight excluding hydrogens is 385 g/mol. The number of anilines is 1. The molecule has 1 aromatic carbocycles. The van der Waals surface area contributed by atoms with E-state index in [1.54, 1.807) is 6.07 Å². The van der Waals surface area contributed by atoms with E-state index in [4.69, 9.17) is 5.26 Å². The van der Waals surface area contributed by atoms with Crippen molar-refractivity contribution in [3.8, 4) is 6.07 Å². The van der Waals surface area contributed by atoms with Gasteiger partial charge in [0.2, 0.25) is 5.82 Å². The van der Waals surface area contributed by atoms with Crippen LogP contribution in [0.4, 0.5) is 18.9 Å². The molecule has 1 fully saturated rings.